The lowest BCUT2D eigenvalue weighted by molar-refractivity contribution is -0.136. The van der Waals surface area contributed by atoms with Crippen LogP contribution in [-0.2, 0) is 6.18 Å². The Morgan fingerprint density at radius 3 is 2.52 bits per heavy atom. The number of hydrogen-bond donors (Lipinski definition) is 1. The van der Waals surface area contributed by atoms with E-state index in [9.17, 15) is 23.1 Å². The van der Waals surface area contributed by atoms with Crippen molar-refractivity contribution in [2.45, 2.75) is 13.1 Å². The highest BCUT2D eigenvalue weighted by atomic mass is 32.1. The molecule has 3 nitrogen and oxygen atoms in total. The van der Waals surface area contributed by atoms with Crippen LogP contribution in [0.2, 0.25) is 0 Å². The highest BCUT2D eigenvalue weighted by Crippen LogP contribution is 2.37. The first kappa shape index (κ1) is 15.5. The van der Waals surface area contributed by atoms with Crippen molar-refractivity contribution < 1.29 is 23.1 Å². The van der Waals surface area contributed by atoms with Crippen LogP contribution >= 0.6 is 11.3 Å². The molecule has 0 spiro atoms. The van der Waals surface area contributed by atoms with Gasteiger partial charge in [-0.3, -0.25) is 0 Å². The molecule has 0 saturated heterocycles. The minimum absolute atomic E-state index is 0.0237. The van der Waals surface area contributed by atoms with Crippen molar-refractivity contribution >= 4 is 28.2 Å². The Morgan fingerprint density at radius 1 is 1.22 bits per heavy atom. The molecule has 0 saturated carbocycles. The monoisotopic (exact) mass is 337 g/mol. The zero-order valence-corrected chi connectivity index (χ0v) is 12.6. The predicted molar refractivity (Wildman–Crippen MR) is 81.8 cm³/mol. The molecule has 2 heterocycles. The summed E-state index contributed by atoms with van der Waals surface area (Å²) in [6, 6.07) is 8.28. The van der Waals surface area contributed by atoms with Crippen LogP contribution < -0.4 is 0 Å². The fraction of sp³-hybridized carbons (Fsp3) is 0.125. The van der Waals surface area contributed by atoms with E-state index in [1.165, 1.54) is 29.5 Å². The summed E-state index contributed by atoms with van der Waals surface area (Å²) in [6.45, 7) is 1.86. The molecule has 0 amide bonds. The lowest BCUT2D eigenvalue weighted by Gasteiger charge is -2.12. The molecule has 0 aliphatic rings. The number of carboxylic acid groups (broad SMARTS) is 1. The molecule has 2 aromatic heterocycles. The van der Waals surface area contributed by atoms with E-state index in [-0.39, 0.29) is 22.2 Å². The van der Waals surface area contributed by atoms with Crippen molar-refractivity contribution in [3.05, 3.63) is 52.4 Å². The maximum atomic E-state index is 13.2. The van der Waals surface area contributed by atoms with Crippen LogP contribution in [0.3, 0.4) is 0 Å². The van der Waals surface area contributed by atoms with Crippen molar-refractivity contribution in [2.24, 2.45) is 0 Å². The van der Waals surface area contributed by atoms with Gasteiger partial charge < -0.3 is 5.11 Å². The highest BCUT2D eigenvalue weighted by Gasteiger charge is 2.34. The Bertz CT molecular complexity index is 915. The lowest BCUT2D eigenvalue weighted by Crippen LogP contribution is -2.08. The summed E-state index contributed by atoms with van der Waals surface area (Å²) >= 11 is 1.35. The third kappa shape index (κ3) is 2.79. The molecule has 0 bridgehead atoms. The lowest BCUT2D eigenvalue weighted by atomic mass is 10.0. The predicted octanol–water partition coefficient (Wildman–Crippen LogP) is 4.99. The number of hydrogen-bond acceptors (Lipinski definition) is 3. The summed E-state index contributed by atoms with van der Waals surface area (Å²) < 4.78 is 39.6. The second kappa shape index (κ2) is 5.34. The van der Waals surface area contributed by atoms with E-state index >= 15 is 0 Å². The number of alkyl halides is 3. The quantitative estimate of drug-likeness (QED) is 0.717. The van der Waals surface area contributed by atoms with Crippen LogP contribution in [-0.4, -0.2) is 16.1 Å². The maximum absolute atomic E-state index is 13.2. The normalized spacial score (nSPS) is 11.8. The first-order chi connectivity index (χ1) is 10.8. The number of benzene rings is 1. The van der Waals surface area contributed by atoms with Crippen LogP contribution in [0.4, 0.5) is 13.2 Å². The number of fused-ring (bicyclic) bond motifs is 1. The van der Waals surface area contributed by atoms with E-state index in [1.807, 2.05) is 13.0 Å². The summed E-state index contributed by atoms with van der Waals surface area (Å²) in [5.74, 6) is -1.29. The van der Waals surface area contributed by atoms with Gasteiger partial charge in [-0.25, -0.2) is 9.78 Å². The van der Waals surface area contributed by atoms with Gasteiger partial charge in [0.1, 0.15) is 0 Å². The number of nitrogens with zero attached hydrogens (tertiary/aromatic N) is 1. The van der Waals surface area contributed by atoms with Gasteiger partial charge in [0, 0.05) is 10.3 Å². The molecule has 0 atom stereocenters. The van der Waals surface area contributed by atoms with Crippen LogP contribution in [0.15, 0.2) is 36.4 Å². The zero-order chi connectivity index (χ0) is 16.8. The van der Waals surface area contributed by atoms with Crippen molar-refractivity contribution in [1.29, 1.82) is 0 Å². The van der Waals surface area contributed by atoms with E-state index in [0.717, 1.165) is 10.9 Å². The van der Waals surface area contributed by atoms with E-state index in [0.29, 0.717) is 4.88 Å². The fourth-order valence-electron chi connectivity index (χ4n) is 2.35. The van der Waals surface area contributed by atoms with Gasteiger partial charge in [0.2, 0.25) is 0 Å². The molecule has 118 valence electrons. The SMILES string of the molecule is Cc1ccc(-c2cc(C(=O)O)c3cccc(C(F)(F)F)c3n2)s1. The standard InChI is InChI=1S/C16H10F3NO2S/c1-8-5-6-13(23-8)12-7-10(15(21)22)9-3-2-4-11(14(9)20-12)16(17,18)19/h2-7H,1H3,(H,21,22). The Hall–Kier alpha value is -2.41. The third-order valence-electron chi connectivity index (χ3n) is 3.37. The summed E-state index contributed by atoms with van der Waals surface area (Å²) in [5.41, 5.74) is -1.25. The van der Waals surface area contributed by atoms with Gasteiger partial charge in [-0.05, 0) is 31.2 Å². The van der Waals surface area contributed by atoms with Crippen LogP contribution in [0, 0.1) is 6.92 Å². The molecule has 3 rings (SSSR count). The van der Waals surface area contributed by atoms with Crippen molar-refractivity contribution in [1.82, 2.24) is 4.98 Å². The largest absolute Gasteiger partial charge is 0.478 e. The molecule has 0 unspecified atom stereocenters. The van der Waals surface area contributed by atoms with Crippen LogP contribution in [0.1, 0.15) is 20.8 Å². The number of pyridine rings is 1. The summed E-state index contributed by atoms with van der Waals surface area (Å²) in [4.78, 5) is 17.1. The molecule has 0 radical (unpaired) electrons. The summed E-state index contributed by atoms with van der Waals surface area (Å²) in [7, 11) is 0. The minimum atomic E-state index is -4.60. The zero-order valence-electron chi connectivity index (χ0n) is 11.8. The Balaban J connectivity index is 2.39. The first-order valence-corrected chi connectivity index (χ1v) is 7.40. The van der Waals surface area contributed by atoms with E-state index in [4.69, 9.17) is 0 Å². The second-order valence-corrected chi connectivity index (χ2v) is 6.26. The van der Waals surface area contributed by atoms with Gasteiger partial charge in [-0.1, -0.05) is 12.1 Å². The second-order valence-electron chi connectivity index (χ2n) is 4.97. The van der Waals surface area contributed by atoms with Gasteiger partial charge in [0.25, 0.3) is 0 Å². The number of halogens is 3. The van der Waals surface area contributed by atoms with Gasteiger partial charge in [0.15, 0.2) is 0 Å². The molecule has 0 aliphatic heterocycles. The number of carboxylic acids is 1. The van der Waals surface area contributed by atoms with Gasteiger partial charge in [-0.2, -0.15) is 13.2 Å². The average Bonchev–Trinajstić information content (AvgIpc) is 2.90. The Kier molecular flexibility index (Phi) is 3.60. The summed E-state index contributed by atoms with van der Waals surface area (Å²) in [6.07, 6.45) is -4.60. The van der Waals surface area contributed by atoms with Gasteiger partial charge in [-0.15, -0.1) is 11.3 Å². The molecule has 3 aromatic rings. The van der Waals surface area contributed by atoms with Crippen LogP contribution in [0.25, 0.3) is 21.5 Å². The first-order valence-electron chi connectivity index (χ1n) is 6.58. The van der Waals surface area contributed by atoms with E-state index in [1.54, 1.807) is 6.07 Å². The minimum Gasteiger partial charge on any atom is -0.478 e. The molecular weight excluding hydrogens is 327 g/mol. The number of rotatable bonds is 2. The third-order valence-corrected chi connectivity index (χ3v) is 4.39. The Morgan fingerprint density at radius 2 is 1.96 bits per heavy atom. The van der Waals surface area contributed by atoms with E-state index in [2.05, 4.69) is 4.98 Å². The van der Waals surface area contributed by atoms with Gasteiger partial charge >= 0.3 is 12.1 Å². The topological polar surface area (TPSA) is 50.2 Å². The smallest absolute Gasteiger partial charge is 0.418 e. The number of thiophene rings is 1. The maximum Gasteiger partial charge on any atom is 0.418 e. The number of aromatic nitrogens is 1. The molecule has 23 heavy (non-hydrogen) atoms. The molecule has 1 aromatic carbocycles. The molecular formula is C16H10F3NO2S. The molecule has 7 heteroatoms. The fourth-order valence-corrected chi connectivity index (χ4v) is 3.18. The van der Waals surface area contributed by atoms with Gasteiger partial charge in [0.05, 0.1) is 27.2 Å². The van der Waals surface area contributed by atoms with Crippen molar-refractivity contribution in [3.63, 3.8) is 0 Å². The molecule has 0 fully saturated rings. The van der Waals surface area contributed by atoms with Crippen LogP contribution in [0.5, 0.6) is 0 Å². The number of aromatic carboxylic acids is 1. The highest BCUT2D eigenvalue weighted by molar-refractivity contribution is 7.15. The summed E-state index contributed by atoms with van der Waals surface area (Å²) in [5, 5.41) is 9.32. The average molecular weight is 337 g/mol. The van der Waals surface area contributed by atoms with Crippen molar-refractivity contribution in [2.75, 3.05) is 0 Å². The Labute approximate surface area is 133 Å². The molecule has 0 aliphatic carbocycles. The number of aryl methyl sites for hydroxylation is 1. The molecule has 1 N–H and O–H groups in total. The number of para-hydroxylation sites is 1. The van der Waals surface area contributed by atoms with Crippen molar-refractivity contribution in [3.8, 4) is 10.6 Å². The van der Waals surface area contributed by atoms with E-state index < -0.39 is 17.7 Å². The number of carbonyl (C=O) groups is 1.